The van der Waals surface area contributed by atoms with Gasteiger partial charge in [-0.05, 0) is 17.9 Å². The van der Waals surface area contributed by atoms with Gasteiger partial charge in [0.15, 0.2) is 0 Å². The van der Waals surface area contributed by atoms with Crippen LogP contribution in [0.3, 0.4) is 0 Å². The monoisotopic (exact) mass is 281 g/mol. The molecule has 0 spiro atoms. The molecule has 1 unspecified atom stereocenters. The Morgan fingerprint density at radius 1 is 1.28 bits per heavy atom. The summed E-state index contributed by atoms with van der Waals surface area (Å²) in [4.78, 5) is 3.28. The van der Waals surface area contributed by atoms with Crippen molar-refractivity contribution in [1.82, 2.24) is 4.98 Å². The number of halogens is 4. The molecule has 0 amide bonds. The van der Waals surface area contributed by atoms with E-state index in [1.165, 1.54) is 6.07 Å². The third-order valence-corrected chi connectivity index (χ3v) is 2.64. The first-order chi connectivity index (χ1) is 8.00. The van der Waals surface area contributed by atoms with Crippen LogP contribution in [0.4, 0.5) is 13.2 Å². The number of rotatable bonds is 2. The Morgan fingerprint density at radius 3 is 2.22 bits per heavy atom. The second-order valence-corrected chi connectivity index (χ2v) is 5.71. The number of nitrogens with zero attached hydrogens (tertiary/aromatic N) is 1. The molecule has 1 atom stereocenters. The molecule has 102 valence electrons. The summed E-state index contributed by atoms with van der Waals surface area (Å²) in [6, 6.07) is 2.00. The lowest BCUT2D eigenvalue weighted by Crippen LogP contribution is -2.14. The van der Waals surface area contributed by atoms with E-state index in [2.05, 4.69) is 4.98 Å². The summed E-state index contributed by atoms with van der Waals surface area (Å²) in [5.74, 6) is 0. The summed E-state index contributed by atoms with van der Waals surface area (Å²) in [5, 5.41) is 9.62. The minimum absolute atomic E-state index is 0.161. The van der Waals surface area contributed by atoms with E-state index >= 15 is 0 Å². The van der Waals surface area contributed by atoms with Crippen LogP contribution in [0, 0.1) is 5.41 Å². The minimum atomic E-state index is -4.53. The number of alkyl halides is 3. The van der Waals surface area contributed by atoms with Crippen LogP contribution >= 0.6 is 11.6 Å². The number of aliphatic hydroxyl groups excluding tert-OH is 1. The molecular formula is C12H15ClF3NO. The van der Waals surface area contributed by atoms with Crippen LogP contribution in [0.5, 0.6) is 0 Å². The van der Waals surface area contributed by atoms with Gasteiger partial charge in [-0.1, -0.05) is 38.4 Å². The Bertz CT molecular complexity index is 426. The van der Waals surface area contributed by atoms with Crippen LogP contribution < -0.4 is 0 Å². The highest BCUT2D eigenvalue weighted by atomic mass is 35.5. The molecular weight excluding hydrogens is 267 g/mol. The molecule has 1 aromatic rings. The van der Waals surface area contributed by atoms with E-state index in [-0.39, 0.29) is 16.1 Å². The van der Waals surface area contributed by atoms with E-state index in [0.29, 0.717) is 6.42 Å². The molecule has 6 heteroatoms. The molecule has 1 aromatic heterocycles. The van der Waals surface area contributed by atoms with E-state index in [4.69, 9.17) is 11.6 Å². The zero-order chi connectivity index (χ0) is 14.1. The fourth-order valence-corrected chi connectivity index (χ4v) is 1.82. The number of aromatic nitrogens is 1. The van der Waals surface area contributed by atoms with E-state index in [9.17, 15) is 18.3 Å². The lowest BCUT2D eigenvalue weighted by atomic mass is 9.87. The molecule has 1 heterocycles. The summed E-state index contributed by atoms with van der Waals surface area (Å²) in [6.07, 6.45) is -5.07. The summed E-state index contributed by atoms with van der Waals surface area (Å²) < 4.78 is 37.2. The van der Waals surface area contributed by atoms with Crippen LogP contribution in [-0.4, -0.2) is 10.1 Å². The van der Waals surface area contributed by atoms with Crippen LogP contribution in [0.1, 0.15) is 44.6 Å². The van der Waals surface area contributed by atoms with Crippen molar-refractivity contribution in [3.8, 4) is 0 Å². The van der Waals surface area contributed by atoms with Crippen molar-refractivity contribution < 1.29 is 18.3 Å². The summed E-state index contributed by atoms with van der Waals surface area (Å²) in [5.41, 5.74) is -0.996. The highest BCUT2D eigenvalue weighted by molar-refractivity contribution is 6.30. The summed E-state index contributed by atoms with van der Waals surface area (Å²) >= 11 is 5.69. The molecule has 0 aliphatic heterocycles. The third-order valence-electron chi connectivity index (χ3n) is 2.33. The van der Waals surface area contributed by atoms with Crippen LogP contribution in [-0.2, 0) is 6.18 Å². The first-order valence-corrected chi connectivity index (χ1v) is 5.80. The largest absolute Gasteiger partial charge is 0.433 e. The molecule has 2 nitrogen and oxygen atoms in total. The zero-order valence-corrected chi connectivity index (χ0v) is 11.1. The van der Waals surface area contributed by atoms with Crippen LogP contribution in [0.2, 0.25) is 5.15 Å². The highest BCUT2D eigenvalue weighted by Gasteiger charge is 2.33. The van der Waals surface area contributed by atoms with Gasteiger partial charge in [0.05, 0.1) is 6.10 Å². The second-order valence-electron chi connectivity index (χ2n) is 5.35. The predicted octanol–water partition coefficient (Wildman–Crippen LogP) is 4.22. The van der Waals surface area contributed by atoms with Crippen LogP contribution in [0.25, 0.3) is 0 Å². The molecule has 0 radical (unpaired) electrons. The standard InChI is InChI=1S/C12H15ClF3NO/c1-11(2,3)6-8(18)7-4-5-9(12(14,15)16)17-10(7)13/h4-5,8,18H,6H2,1-3H3. The minimum Gasteiger partial charge on any atom is -0.388 e. The van der Waals surface area contributed by atoms with Gasteiger partial charge in [0.25, 0.3) is 0 Å². The van der Waals surface area contributed by atoms with Gasteiger partial charge < -0.3 is 5.11 Å². The van der Waals surface area contributed by atoms with E-state index in [0.717, 1.165) is 6.07 Å². The van der Waals surface area contributed by atoms with Gasteiger partial charge in [-0.15, -0.1) is 0 Å². The van der Waals surface area contributed by atoms with Crippen molar-refractivity contribution in [3.63, 3.8) is 0 Å². The third kappa shape index (κ3) is 4.14. The Balaban J connectivity index is 2.99. The average Bonchev–Trinajstić information content (AvgIpc) is 2.12. The number of aliphatic hydroxyl groups is 1. The number of hydrogen-bond donors (Lipinski definition) is 1. The Hall–Kier alpha value is -0.810. The topological polar surface area (TPSA) is 33.1 Å². The average molecular weight is 282 g/mol. The Labute approximate surface area is 109 Å². The molecule has 0 saturated carbocycles. The van der Waals surface area contributed by atoms with Crippen molar-refractivity contribution >= 4 is 11.6 Å². The quantitative estimate of drug-likeness (QED) is 0.823. The van der Waals surface area contributed by atoms with Crippen molar-refractivity contribution in [2.24, 2.45) is 5.41 Å². The molecule has 0 saturated heterocycles. The molecule has 1 N–H and O–H groups in total. The summed E-state index contributed by atoms with van der Waals surface area (Å²) in [7, 11) is 0. The van der Waals surface area contributed by atoms with Gasteiger partial charge >= 0.3 is 6.18 Å². The van der Waals surface area contributed by atoms with Gasteiger partial charge in [-0.3, -0.25) is 0 Å². The SMILES string of the molecule is CC(C)(C)CC(O)c1ccc(C(F)(F)F)nc1Cl. The van der Waals surface area contributed by atoms with E-state index < -0.39 is 18.0 Å². The van der Waals surface area contributed by atoms with Crippen molar-refractivity contribution in [1.29, 1.82) is 0 Å². The van der Waals surface area contributed by atoms with Gasteiger partial charge in [0.2, 0.25) is 0 Å². The van der Waals surface area contributed by atoms with Crippen molar-refractivity contribution in [3.05, 3.63) is 28.5 Å². The molecule has 1 rings (SSSR count). The molecule has 0 aromatic carbocycles. The molecule has 0 fully saturated rings. The lowest BCUT2D eigenvalue weighted by molar-refractivity contribution is -0.141. The fourth-order valence-electron chi connectivity index (χ4n) is 1.54. The smallest absolute Gasteiger partial charge is 0.388 e. The van der Waals surface area contributed by atoms with Gasteiger partial charge in [0, 0.05) is 5.56 Å². The fraction of sp³-hybridized carbons (Fsp3) is 0.583. The van der Waals surface area contributed by atoms with E-state index in [1.54, 1.807) is 0 Å². The number of hydrogen-bond acceptors (Lipinski definition) is 2. The molecule has 0 bridgehead atoms. The second kappa shape index (κ2) is 5.05. The normalized spacial score (nSPS) is 14.7. The zero-order valence-electron chi connectivity index (χ0n) is 10.3. The maximum atomic E-state index is 12.4. The van der Waals surface area contributed by atoms with Gasteiger partial charge in [-0.25, -0.2) is 4.98 Å². The first kappa shape index (κ1) is 15.2. The lowest BCUT2D eigenvalue weighted by Gasteiger charge is -2.23. The predicted molar refractivity (Wildman–Crippen MR) is 63.3 cm³/mol. The first-order valence-electron chi connectivity index (χ1n) is 5.42. The molecule has 0 aliphatic rings. The van der Waals surface area contributed by atoms with E-state index in [1.807, 2.05) is 20.8 Å². The molecule has 18 heavy (non-hydrogen) atoms. The number of pyridine rings is 1. The maximum absolute atomic E-state index is 12.4. The highest BCUT2D eigenvalue weighted by Crippen LogP contribution is 2.34. The maximum Gasteiger partial charge on any atom is 0.433 e. The van der Waals surface area contributed by atoms with Crippen molar-refractivity contribution in [2.45, 2.75) is 39.5 Å². The Morgan fingerprint density at radius 2 is 1.83 bits per heavy atom. The van der Waals surface area contributed by atoms with Crippen molar-refractivity contribution in [2.75, 3.05) is 0 Å². The van der Waals surface area contributed by atoms with Gasteiger partial charge in [-0.2, -0.15) is 13.2 Å². The van der Waals surface area contributed by atoms with Gasteiger partial charge in [0.1, 0.15) is 10.8 Å². The Kier molecular flexibility index (Phi) is 4.28. The van der Waals surface area contributed by atoms with Crippen LogP contribution in [0.15, 0.2) is 12.1 Å². The molecule has 0 aliphatic carbocycles. The summed E-state index contributed by atoms with van der Waals surface area (Å²) in [6.45, 7) is 5.75.